The Hall–Kier alpha value is -1.40. The quantitative estimate of drug-likeness (QED) is 0.0320. The second kappa shape index (κ2) is 64.1. The smallest absolute Gasteiger partial charge is 0.305 e. The van der Waals surface area contributed by atoms with Crippen LogP contribution in [0.2, 0.25) is 0 Å². The van der Waals surface area contributed by atoms with E-state index in [2.05, 4.69) is 31.3 Å². The molecule has 0 rings (SSSR count). The number of esters is 1. The number of nitrogens with one attached hydrogen (secondary N) is 1. The highest BCUT2D eigenvalue weighted by molar-refractivity contribution is 5.76. The Balaban J connectivity index is 3.32. The molecule has 6 nitrogen and oxygen atoms in total. The molecule has 2 atom stereocenters. The monoisotopic (exact) mass is 1040 g/mol. The zero-order valence-corrected chi connectivity index (χ0v) is 50.4. The minimum Gasteiger partial charge on any atom is -0.466 e. The summed E-state index contributed by atoms with van der Waals surface area (Å²) < 4.78 is 5.49. The zero-order valence-electron chi connectivity index (χ0n) is 50.4. The van der Waals surface area contributed by atoms with Crippen LogP contribution in [0.4, 0.5) is 0 Å². The first-order valence-corrected chi connectivity index (χ1v) is 33.9. The van der Waals surface area contributed by atoms with E-state index in [0.29, 0.717) is 25.9 Å². The molecule has 0 aromatic rings. The lowest BCUT2D eigenvalue weighted by Gasteiger charge is -2.22. The van der Waals surface area contributed by atoms with E-state index in [9.17, 15) is 19.8 Å². The van der Waals surface area contributed by atoms with Crippen molar-refractivity contribution in [2.45, 2.75) is 398 Å². The molecule has 0 aromatic carbocycles. The Morgan fingerprint density at radius 1 is 0.365 bits per heavy atom. The van der Waals surface area contributed by atoms with Crippen molar-refractivity contribution < 1.29 is 24.5 Å². The number of allylic oxidation sites excluding steroid dienone is 2. The normalized spacial score (nSPS) is 12.5. The molecule has 0 bridgehead atoms. The third kappa shape index (κ3) is 59.8. The molecule has 6 heteroatoms. The molecular formula is C68H133NO5. The number of hydrogen-bond acceptors (Lipinski definition) is 5. The Morgan fingerprint density at radius 2 is 0.635 bits per heavy atom. The fourth-order valence-corrected chi connectivity index (χ4v) is 10.9. The number of aliphatic hydroxyl groups excluding tert-OH is 2. The minimum atomic E-state index is -0.660. The number of carbonyl (C=O) groups is 2. The Bertz CT molecular complexity index is 1110. The average molecular weight is 1040 g/mol. The predicted molar refractivity (Wildman–Crippen MR) is 324 cm³/mol. The van der Waals surface area contributed by atoms with Crippen LogP contribution in [0, 0.1) is 0 Å². The first-order chi connectivity index (χ1) is 36.5. The van der Waals surface area contributed by atoms with Crippen molar-refractivity contribution >= 4 is 11.9 Å². The van der Waals surface area contributed by atoms with Crippen LogP contribution in [-0.4, -0.2) is 47.4 Å². The summed E-state index contributed by atoms with van der Waals surface area (Å²) in [6, 6.07) is -0.537. The van der Waals surface area contributed by atoms with Gasteiger partial charge in [-0.3, -0.25) is 9.59 Å². The lowest BCUT2D eigenvalue weighted by Crippen LogP contribution is -2.45. The standard InChI is InChI=1S/C68H133NO5/c1-3-5-7-9-11-13-15-17-36-40-44-48-52-56-60-66(71)65(64-70)69-67(72)61-57-53-49-45-41-37-34-32-30-28-26-24-22-20-19-21-23-25-27-29-31-33-35-39-43-47-51-55-59-63-74-68(73)62-58-54-50-46-42-38-18-16-14-12-10-8-6-4-2/h16,18,65-66,70-71H,3-15,17,19-64H2,1-2H3,(H,69,72)/b18-16-. The molecule has 0 spiro atoms. The van der Waals surface area contributed by atoms with Crippen molar-refractivity contribution in [1.82, 2.24) is 5.32 Å². The van der Waals surface area contributed by atoms with Crippen LogP contribution in [0.1, 0.15) is 386 Å². The highest BCUT2D eigenvalue weighted by atomic mass is 16.5. The number of aliphatic hydroxyl groups is 2. The number of unbranched alkanes of at least 4 members (excludes halogenated alkanes) is 51. The lowest BCUT2D eigenvalue weighted by molar-refractivity contribution is -0.143. The van der Waals surface area contributed by atoms with Gasteiger partial charge in [0.05, 0.1) is 25.4 Å². The molecule has 0 aliphatic carbocycles. The van der Waals surface area contributed by atoms with E-state index in [1.54, 1.807) is 0 Å². The van der Waals surface area contributed by atoms with E-state index in [1.807, 2.05) is 0 Å². The number of hydrogen-bond donors (Lipinski definition) is 3. The zero-order chi connectivity index (χ0) is 53.6. The lowest BCUT2D eigenvalue weighted by atomic mass is 10.0. The van der Waals surface area contributed by atoms with Crippen LogP contribution >= 0.6 is 0 Å². The molecule has 0 aliphatic rings. The SMILES string of the molecule is CCCCCCC/C=C\CCCCCCCC(=O)OCCCCCCCCCCCCCCCCCCCCCCCCCCCCCCCC(=O)NC(CO)C(O)CCCCCCCCCCCCCCCC. The minimum absolute atomic E-state index is 0.0117. The van der Waals surface area contributed by atoms with E-state index >= 15 is 0 Å². The van der Waals surface area contributed by atoms with Crippen molar-refractivity contribution in [1.29, 1.82) is 0 Å². The third-order valence-electron chi connectivity index (χ3n) is 16.1. The van der Waals surface area contributed by atoms with Gasteiger partial charge in [-0.1, -0.05) is 334 Å². The van der Waals surface area contributed by atoms with Crippen molar-refractivity contribution in [2.75, 3.05) is 13.2 Å². The van der Waals surface area contributed by atoms with E-state index in [4.69, 9.17) is 4.74 Å². The summed E-state index contributed by atoms with van der Waals surface area (Å²) in [6.07, 6.45) is 78.2. The molecule has 440 valence electrons. The van der Waals surface area contributed by atoms with Gasteiger partial charge in [-0.2, -0.15) is 0 Å². The molecule has 1 amide bonds. The summed E-state index contributed by atoms with van der Waals surface area (Å²) >= 11 is 0. The van der Waals surface area contributed by atoms with E-state index in [-0.39, 0.29) is 18.5 Å². The fourth-order valence-electron chi connectivity index (χ4n) is 10.9. The number of carbonyl (C=O) groups excluding carboxylic acids is 2. The molecule has 3 N–H and O–H groups in total. The largest absolute Gasteiger partial charge is 0.466 e. The van der Waals surface area contributed by atoms with E-state index < -0.39 is 12.1 Å². The summed E-state index contributed by atoms with van der Waals surface area (Å²) in [5, 5.41) is 23.3. The predicted octanol–water partition coefficient (Wildman–Crippen LogP) is 21.6. The summed E-state index contributed by atoms with van der Waals surface area (Å²) in [7, 11) is 0. The highest BCUT2D eigenvalue weighted by Gasteiger charge is 2.20. The van der Waals surface area contributed by atoms with E-state index in [0.717, 1.165) is 44.9 Å². The van der Waals surface area contributed by atoms with Gasteiger partial charge in [0, 0.05) is 12.8 Å². The Morgan fingerprint density at radius 3 is 0.959 bits per heavy atom. The molecule has 0 fully saturated rings. The van der Waals surface area contributed by atoms with Crippen molar-refractivity contribution in [3.05, 3.63) is 12.2 Å². The Labute approximate surface area is 463 Å². The fraction of sp³-hybridized carbons (Fsp3) is 0.941. The number of ether oxygens (including phenoxy) is 1. The molecular weight excluding hydrogens is 911 g/mol. The van der Waals surface area contributed by atoms with Gasteiger partial charge in [0.25, 0.3) is 0 Å². The molecule has 0 saturated heterocycles. The van der Waals surface area contributed by atoms with Gasteiger partial charge in [-0.25, -0.2) is 0 Å². The number of amides is 1. The first-order valence-electron chi connectivity index (χ1n) is 33.9. The molecule has 74 heavy (non-hydrogen) atoms. The van der Waals surface area contributed by atoms with Gasteiger partial charge < -0.3 is 20.3 Å². The Kier molecular flexibility index (Phi) is 62.9. The third-order valence-corrected chi connectivity index (χ3v) is 16.1. The average Bonchev–Trinajstić information content (AvgIpc) is 3.40. The summed E-state index contributed by atoms with van der Waals surface area (Å²) in [5.74, 6) is -0.0171. The van der Waals surface area contributed by atoms with Crippen LogP contribution in [0.5, 0.6) is 0 Å². The van der Waals surface area contributed by atoms with Crippen LogP contribution < -0.4 is 5.32 Å². The van der Waals surface area contributed by atoms with Crippen molar-refractivity contribution in [3.8, 4) is 0 Å². The topological polar surface area (TPSA) is 95.9 Å². The maximum absolute atomic E-state index is 12.5. The molecule has 0 saturated carbocycles. The molecule has 0 aliphatic heterocycles. The van der Waals surface area contributed by atoms with Gasteiger partial charge in [0.2, 0.25) is 5.91 Å². The molecule has 0 radical (unpaired) electrons. The second-order valence-electron chi connectivity index (χ2n) is 23.5. The van der Waals surface area contributed by atoms with Gasteiger partial charge in [-0.05, 0) is 51.4 Å². The molecule has 2 unspecified atom stereocenters. The maximum atomic E-state index is 12.5. The first kappa shape index (κ1) is 72.6. The van der Waals surface area contributed by atoms with Gasteiger partial charge in [-0.15, -0.1) is 0 Å². The van der Waals surface area contributed by atoms with Crippen LogP contribution in [0.3, 0.4) is 0 Å². The molecule has 0 aromatic heterocycles. The second-order valence-corrected chi connectivity index (χ2v) is 23.5. The van der Waals surface area contributed by atoms with Crippen LogP contribution in [0.25, 0.3) is 0 Å². The maximum Gasteiger partial charge on any atom is 0.305 e. The summed E-state index contributed by atoms with van der Waals surface area (Å²) in [4.78, 5) is 24.5. The van der Waals surface area contributed by atoms with Gasteiger partial charge >= 0.3 is 5.97 Å². The number of rotatable bonds is 64. The highest BCUT2D eigenvalue weighted by Crippen LogP contribution is 2.19. The van der Waals surface area contributed by atoms with Crippen molar-refractivity contribution in [3.63, 3.8) is 0 Å². The summed E-state index contributed by atoms with van der Waals surface area (Å²) in [5.41, 5.74) is 0. The van der Waals surface area contributed by atoms with Gasteiger partial charge in [0.1, 0.15) is 0 Å². The van der Waals surface area contributed by atoms with Gasteiger partial charge in [0.15, 0.2) is 0 Å². The summed E-state index contributed by atoms with van der Waals surface area (Å²) in [6.45, 7) is 4.97. The van der Waals surface area contributed by atoms with Crippen LogP contribution in [0.15, 0.2) is 12.2 Å². The van der Waals surface area contributed by atoms with Crippen LogP contribution in [-0.2, 0) is 14.3 Å². The molecule has 0 heterocycles. The van der Waals surface area contributed by atoms with Crippen molar-refractivity contribution in [2.24, 2.45) is 0 Å². The van der Waals surface area contributed by atoms with E-state index in [1.165, 1.54) is 308 Å².